The van der Waals surface area contributed by atoms with Crippen LogP contribution in [-0.2, 0) is 0 Å². The van der Waals surface area contributed by atoms with E-state index in [-0.39, 0.29) is 0 Å². The molecule has 0 unspecified atom stereocenters. The first-order chi connectivity index (χ1) is 16.7. The number of fused-ring (bicyclic) bond motifs is 1. The van der Waals surface area contributed by atoms with Crippen LogP contribution >= 0.6 is 0 Å². The number of H-pyrrole nitrogens is 1. The van der Waals surface area contributed by atoms with Gasteiger partial charge in [-0.1, -0.05) is 24.3 Å². The molecule has 5 nitrogen and oxygen atoms in total. The molecule has 4 aromatic rings. The van der Waals surface area contributed by atoms with E-state index in [4.69, 9.17) is 4.98 Å². The van der Waals surface area contributed by atoms with E-state index in [9.17, 15) is 0 Å². The topological polar surface area (TPSA) is 38.4 Å². The van der Waals surface area contributed by atoms with Gasteiger partial charge in [-0.05, 0) is 67.8 Å². The molecule has 0 saturated carbocycles. The average Bonchev–Trinajstić information content (AvgIpc) is 3.33. The lowest BCUT2D eigenvalue weighted by Crippen LogP contribution is -2.44. The number of anilines is 2. The number of piperidine rings is 1. The van der Waals surface area contributed by atoms with Crippen molar-refractivity contribution in [3.05, 3.63) is 67.0 Å². The summed E-state index contributed by atoms with van der Waals surface area (Å²) in [5, 5.41) is 1.17. The minimum atomic E-state index is 0.938. The smallest absolute Gasteiger partial charge is 0.137 e. The molecule has 1 N–H and O–H groups in total. The fraction of sp³-hybridized carbons (Fsp3) is 0.345. The molecule has 34 heavy (non-hydrogen) atoms. The van der Waals surface area contributed by atoms with Crippen molar-refractivity contribution in [1.29, 1.82) is 0 Å². The number of aromatic nitrogens is 2. The van der Waals surface area contributed by atoms with E-state index in [2.05, 4.69) is 87.5 Å². The van der Waals surface area contributed by atoms with Crippen LogP contribution in [0.5, 0.6) is 0 Å². The Balaban J connectivity index is 1.25. The standard InChI is InChI=1S/C29H33N5/c1-32-15-17-34(18-16-32)26-9-5-22(6-10-26)24-19-27-28(21-31-29(27)30-20-24)23-7-11-25(12-8-23)33-13-3-2-4-14-33/h5-12,19-21H,2-4,13-18H2,1H3,(H,30,31). The second kappa shape index (κ2) is 9.15. The van der Waals surface area contributed by atoms with Crippen molar-refractivity contribution in [2.45, 2.75) is 19.3 Å². The van der Waals surface area contributed by atoms with Crippen molar-refractivity contribution in [2.24, 2.45) is 0 Å². The van der Waals surface area contributed by atoms with E-state index in [1.54, 1.807) is 0 Å². The van der Waals surface area contributed by atoms with Gasteiger partial charge in [0.25, 0.3) is 0 Å². The molecular formula is C29H33N5. The number of benzene rings is 2. The lowest BCUT2D eigenvalue weighted by molar-refractivity contribution is 0.313. The Kier molecular flexibility index (Phi) is 5.71. The third-order valence-corrected chi connectivity index (χ3v) is 7.50. The van der Waals surface area contributed by atoms with Crippen molar-refractivity contribution < 1.29 is 0 Å². The van der Waals surface area contributed by atoms with Crippen LogP contribution in [0.15, 0.2) is 67.0 Å². The van der Waals surface area contributed by atoms with Gasteiger partial charge in [0.2, 0.25) is 0 Å². The van der Waals surface area contributed by atoms with Crippen LogP contribution in [0.2, 0.25) is 0 Å². The fourth-order valence-corrected chi connectivity index (χ4v) is 5.33. The summed E-state index contributed by atoms with van der Waals surface area (Å²) >= 11 is 0. The second-order valence-electron chi connectivity index (χ2n) is 9.75. The minimum absolute atomic E-state index is 0.938. The van der Waals surface area contributed by atoms with Gasteiger partial charge in [-0.15, -0.1) is 0 Å². The van der Waals surface area contributed by atoms with E-state index in [0.29, 0.717) is 0 Å². The largest absolute Gasteiger partial charge is 0.372 e. The maximum absolute atomic E-state index is 4.74. The van der Waals surface area contributed by atoms with Gasteiger partial charge in [-0.3, -0.25) is 0 Å². The Morgan fingerprint density at radius 3 is 1.97 bits per heavy atom. The predicted molar refractivity (Wildman–Crippen MR) is 143 cm³/mol. The van der Waals surface area contributed by atoms with Crippen molar-refractivity contribution in [2.75, 3.05) is 56.1 Å². The molecule has 0 amide bonds. The molecule has 0 spiro atoms. The first-order valence-electron chi connectivity index (χ1n) is 12.6. The van der Waals surface area contributed by atoms with Gasteiger partial charge in [0.05, 0.1) is 0 Å². The summed E-state index contributed by atoms with van der Waals surface area (Å²) in [6.07, 6.45) is 8.03. The Hall–Kier alpha value is -3.31. The average molecular weight is 452 g/mol. The molecule has 2 aliphatic rings. The molecule has 2 aromatic heterocycles. The van der Waals surface area contributed by atoms with E-state index in [1.165, 1.54) is 65.8 Å². The van der Waals surface area contributed by atoms with Crippen LogP contribution in [0, 0.1) is 0 Å². The lowest BCUT2D eigenvalue weighted by Gasteiger charge is -2.34. The quantitative estimate of drug-likeness (QED) is 0.436. The minimum Gasteiger partial charge on any atom is -0.372 e. The molecule has 0 atom stereocenters. The van der Waals surface area contributed by atoms with E-state index >= 15 is 0 Å². The van der Waals surface area contributed by atoms with Crippen LogP contribution < -0.4 is 9.80 Å². The number of nitrogens with zero attached hydrogens (tertiary/aromatic N) is 4. The normalized spacial score (nSPS) is 17.4. The monoisotopic (exact) mass is 451 g/mol. The summed E-state index contributed by atoms with van der Waals surface area (Å²) in [6, 6.07) is 20.3. The third kappa shape index (κ3) is 4.16. The first-order valence-corrected chi connectivity index (χ1v) is 12.6. The number of piperazine rings is 1. The molecule has 174 valence electrons. The summed E-state index contributed by atoms with van der Waals surface area (Å²) in [5.74, 6) is 0. The van der Waals surface area contributed by atoms with Crippen molar-refractivity contribution in [3.63, 3.8) is 0 Å². The summed E-state index contributed by atoms with van der Waals surface area (Å²) in [7, 11) is 2.20. The van der Waals surface area contributed by atoms with E-state index in [0.717, 1.165) is 37.4 Å². The molecule has 0 radical (unpaired) electrons. The highest BCUT2D eigenvalue weighted by atomic mass is 15.2. The zero-order valence-electron chi connectivity index (χ0n) is 20.0. The zero-order chi connectivity index (χ0) is 22.9. The van der Waals surface area contributed by atoms with Crippen LogP contribution in [-0.4, -0.2) is 61.2 Å². The van der Waals surface area contributed by atoms with Crippen LogP contribution in [0.25, 0.3) is 33.3 Å². The number of pyridine rings is 1. The Labute approximate surface area is 202 Å². The number of rotatable bonds is 4. The van der Waals surface area contributed by atoms with Gasteiger partial charge in [0, 0.05) is 79.6 Å². The Morgan fingerprint density at radius 2 is 1.29 bits per heavy atom. The second-order valence-corrected chi connectivity index (χ2v) is 9.75. The van der Waals surface area contributed by atoms with Gasteiger partial charge >= 0.3 is 0 Å². The van der Waals surface area contributed by atoms with E-state index in [1.807, 2.05) is 6.20 Å². The number of hydrogen-bond donors (Lipinski definition) is 1. The molecule has 2 saturated heterocycles. The zero-order valence-corrected chi connectivity index (χ0v) is 20.0. The predicted octanol–water partition coefficient (Wildman–Crippen LogP) is 5.64. The molecule has 2 aromatic carbocycles. The van der Waals surface area contributed by atoms with E-state index < -0.39 is 0 Å². The van der Waals surface area contributed by atoms with Gasteiger partial charge in [-0.25, -0.2) is 4.98 Å². The highest BCUT2D eigenvalue weighted by Crippen LogP contribution is 2.33. The molecule has 2 aliphatic heterocycles. The van der Waals surface area contributed by atoms with Crippen molar-refractivity contribution >= 4 is 22.4 Å². The number of hydrogen-bond acceptors (Lipinski definition) is 4. The maximum Gasteiger partial charge on any atom is 0.137 e. The number of likely N-dealkylation sites (N-methyl/N-ethyl adjacent to an activating group) is 1. The fourth-order valence-electron chi connectivity index (χ4n) is 5.33. The molecular weight excluding hydrogens is 418 g/mol. The molecule has 0 aliphatic carbocycles. The van der Waals surface area contributed by atoms with Crippen LogP contribution in [0.1, 0.15) is 19.3 Å². The highest BCUT2D eigenvalue weighted by molar-refractivity contribution is 5.96. The third-order valence-electron chi connectivity index (χ3n) is 7.50. The lowest BCUT2D eigenvalue weighted by atomic mass is 10.0. The maximum atomic E-state index is 4.74. The Morgan fingerprint density at radius 1 is 0.676 bits per heavy atom. The van der Waals surface area contributed by atoms with Crippen molar-refractivity contribution in [3.8, 4) is 22.3 Å². The number of nitrogens with one attached hydrogen (secondary N) is 1. The summed E-state index contributed by atoms with van der Waals surface area (Å²) in [6.45, 7) is 6.77. The SMILES string of the molecule is CN1CCN(c2ccc(-c3cnc4[nH]cc(-c5ccc(N6CCCCC6)cc5)c4c3)cc2)CC1. The van der Waals surface area contributed by atoms with Crippen LogP contribution in [0.3, 0.4) is 0 Å². The van der Waals surface area contributed by atoms with Gasteiger partial charge in [0.1, 0.15) is 5.65 Å². The summed E-state index contributed by atoms with van der Waals surface area (Å²) < 4.78 is 0. The van der Waals surface area contributed by atoms with Crippen LogP contribution in [0.4, 0.5) is 11.4 Å². The van der Waals surface area contributed by atoms with Gasteiger partial charge in [0.15, 0.2) is 0 Å². The van der Waals surface area contributed by atoms with Gasteiger partial charge < -0.3 is 19.7 Å². The summed E-state index contributed by atoms with van der Waals surface area (Å²) in [5.41, 5.74) is 8.39. The molecule has 0 bridgehead atoms. The number of aromatic amines is 1. The molecule has 6 rings (SSSR count). The Bertz CT molecular complexity index is 1240. The summed E-state index contributed by atoms with van der Waals surface area (Å²) in [4.78, 5) is 15.5. The molecule has 2 fully saturated rings. The molecule has 5 heteroatoms. The molecule has 4 heterocycles. The first kappa shape index (κ1) is 21.2. The van der Waals surface area contributed by atoms with Crippen molar-refractivity contribution in [1.82, 2.24) is 14.9 Å². The van der Waals surface area contributed by atoms with Gasteiger partial charge in [-0.2, -0.15) is 0 Å². The highest BCUT2D eigenvalue weighted by Gasteiger charge is 2.15.